The number of aromatic nitrogens is 1. The van der Waals surface area contributed by atoms with E-state index < -0.39 is 0 Å². The molecule has 2 aromatic rings. The van der Waals surface area contributed by atoms with Crippen molar-refractivity contribution in [2.75, 3.05) is 11.5 Å². The molecule has 0 spiro atoms. The third-order valence-electron chi connectivity index (χ3n) is 2.80. The molecule has 1 heterocycles. The highest BCUT2D eigenvalue weighted by atomic mass is 32.2. The monoisotopic (exact) mass is 234 g/mol. The molecule has 1 aromatic heterocycles. The molecule has 2 N–H and O–H groups in total. The van der Waals surface area contributed by atoms with Gasteiger partial charge in [0.1, 0.15) is 0 Å². The summed E-state index contributed by atoms with van der Waals surface area (Å²) in [6.07, 6.45) is 2.17. The number of hydrogen-bond donors (Lipinski definition) is 1. The van der Waals surface area contributed by atoms with Gasteiger partial charge in [-0.3, -0.25) is 0 Å². The van der Waals surface area contributed by atoms with Gasteiger partial charge >= 0.3 is 0 Å². The number of nitrogens with two attached hydrogens (primary N) is 1. The average molecular weight is 234 g/mol. The first-order valence-corrected chi connectivity index (χ1v) is 6.87. The summed E-state index contributed by atoms with van der Waals surface area (Å²) in [5, 5.41) is 1.30. The summed E-state index contributed by atoms with van der Waals surface area (Å²) in [5.74, 6) is 2.36. The quantitative estimate of drug-likeness (QED) is 0.806. The minimum absolute atomic E-state index is 0.616. The molecule has 0 saturated carbocycles. The zero-order chi connectivity index (χ0) is 11.4. The van der Waals surface area contributed by atoms with Crippen molar-refractivity contribution < 1.29 is 0 Å². The highest BCUT2D eigenvalue weighted by Gasteiger charge is 2.03. The lowest BCUT2D eigenvalue weighted by Gasteiger charge is -2.05. The fourth-order valence-corrected chi connectivity index (χ4v) is 2.58. The second-order valence-corrected chi connectivity index (χ2v) is 5.15. The number of thioether (sulfide) groups is 1. The molecule has 0 radical (unpaired) electrons. The van der Waals surface area contributed by atoms with Gasteiger partial charge in [0.15, 0.2) is 0 Å². The fourth-order valence-electron chi connectivity index (χ4n) is 1.97. The summed E-state index contributed by atoms with van der Waals surface area (Å²) in [4.78, 5) is 0. The van der Waals surface area contributed by atoms with Crippen LogP contribution in [0, 0.1) is 0 Å². The van der Waals surface area contributed by atoms with Crippen molar-refractivity contribution in [2.24, 2.45) is 5.73 Å². The van der Waals surface area contributed by atoms with Gasteiger partial charge in [-0.25, -0.2) is 0 Å². The first-order chi connectivity index (χ1) is 7.86. The van der Waals surface area contributed by atoms with Gasteiger partial charge < -0.3 is 10.3 Å². The van der Waals surface area contributed by atoms with Crippen LogP contribution in [0.2, 0.25) is 0 Å². The van der Waals surface area contributed by atoms with Crippen molar-refractivity contribution in [3.05, 3.63) is 36.0 Å². The maximum atomic E-state index is 5.73. The van der Waals surface area contributed by atoms with Gasteiger partial charge in [-0.05, 0) is 23.4 Å². The maximum absolute atomic E-state index is 5.73. The third kappa shape index (κ3) is 2.25. The molecule has 2 rings (SSSR count). The van der Waals surface area contributed by atoms with Gasteiger partial charge in [-0.2, -0.15) is 11.8 Å². The fraction of sp³-hybridized carbons (Fsp3) is 0.385. The lowest BCUT2D eigenvalue weighted by atomic mass is 10.1. The lowest BCUT2D eigenvalue weighted by Crippen LogP contribution is -2.00. The van der Waals surface area contributed by atoms with E-state index in [1.807, 2.05) is 11.8 Å². The molecular formula is C13H18N2S. The van der Waals surface area contributed by atoms with E-state index in [4.69, 9.17) is 5.73 Å². The first-order valence-electron chi connectivity index (χ1n) is 5.71. The summed E-state index contributed by atoms with van der Waals surface area (Å²) in [6.45, 7) is 3.89. The average Bonchev–Trinajstić information content (AvgIpc) is 2.73. The van der Waals surface area contributed by atoms with E-state index in [2.05, 4.69) is 42.0 Å². The van der Waals surface area contributed by atoms with Crippen molar-refractivity contribution in [3.8, 4) is 0 Å². The van der Waals surface area contributed by atoms with Gasteiger partial charge in [0.2, 0.25) is 0 Å². The van der Waals surface area contributed by atoms with Crippen LogP contribution in [0.3, 0.4) is 0 Å². The van der Waals surface area contributed by atoms with Gasteiger partial charge in [-0.15, -0.1) is 0 Å². The van der Waals surface area contributed by atoms with E-state index in [0.29, 0.717) is 6.54 Å². The van der Waals surface area contributed by atoms with Gasteiger partial charge in [-0.1, -0.05) is 19.1 Å². The Morgan fingerprint density at radius 2 is 2.19 bits per heavy atom. The highest BCUT2D eigenvalue weighted by molar-refractivity contribution is 7.99. The standard InChI is InChI=1S/C13H18N2S/c1-2-16-9-8-15-7-6-12-11(10-14)4-3-5-13(12)15/h3-7H,2,8-10,14H2,1H3. The van der Waals surface area contributed by atoms with Crippen LogP contribution in [0.5, 0.6) is 0 Å². The van der Waals surface area contributed by atoms with Crippen LogP contribution in [-0.2, 0) is 13.1 Å². The number of fused-ring (bicyclic) bond motifs is 1. The molecule has 0 fully saturated rings. The molecule has 0 atom stereocenters. The normalized spacial score (nSPS) is 11.1. The molecule has 0 aliphatic carbocycles. The predicted octanol–water partition coefficient (Wildman–Crippen LogP) is 2.85. The largest absolute Gasteiger partial charge is 0.347 e. The van der Waals surface area contributed by atoms with Crippen molar-refractivity contribution in [1.29, 1.82) is 0 Å². The number of benzene rings is 1. The van der Waals surface area contributed by atoms with Crippen molar-refractivity contribution >= 4 is 22.7 Å². The molecule has 2 nitrogen and oxygen atoms in total. The smallest absolute Gasteiger partial charge is 0.0483 e. The second kappa shape index (κ2) is 5.41. The van der Waals surface area contributed by atoms with Crippen molar-refractivity contribution in [1.82, 2.24) is 4.57 Å². The molecule has 0 saturated heterocycles. The molecule has 0 unspecified atom stereocenters. The Morgan fingerprint density at radius 1 is 1.31 bits per heavy atom. The van der Waals surface area contributed by atoms with E-state index in [-0.39, 0.29) is 0 Å². The number of nitrogens with zero attached hydrogens (tertiary/aromatic N) is 1. The topological polar surface area (TPSA) is 30.9 Å². The van der Waals surface area contributed by atoms with E-state index >= 15 is 0 Å². The summed E-state index contributed by atoms with van der Waals surface area (Å²) in [5.41, 5.74) is 8.27. The zero-order valence-electron chi connectivity index (χ0n) is 9.65. The Balaban J connectivity index is 2.27. The third-order valence-corrected chi connectivity index (χ3v) is 3.68. The van der Waals surface area contributed by atoms with Gasteiger partial charge in [0, 0.05) is 35.9 Å². The van der Waals surface area contributed by atoms with Crippen LogP contribution in [0.15, 0.2) is 30.5 Å². The molecule has 3 heteroatoms. The molecule has 0 bridgehead atoms. The number of rotatable bonds is 5. The molecule has 1 aromatic carbocycles. The summed E-state index contributed by atoms with van der Waals surface area (Å²) < 4.78 is 2.32. The molecular weight excluding hydrogens is 216 g/mol. The van der Waals surface area contributed by atoms with E-state index in [1.165, 1.54) is 28.0 Å². The van der Waals surface area contributed by atoms with E-state index in [9.17, 15) is 0 Å². The van der Waals surface area contributed by atoms with E-state index in [0.717, 1.165) is 6.54 Å². The number of hydrogen-bond acceptors (Lipinski definition) is 2. The minimum Gasteiger partial charge on any atom is -0.347 e. The van der Waals surface area contributed by atoms with Gasteiger partial charge in [0.05, 0.1) is 0 Å². The summed E-state index contributed by atoms with van der Waals surface area (Å²) >= 11 is 1.98. The second-order valence-electron chi connectivity index (χ2n) is 3.76. The van der Waals surface area contributed by atoms with Crippen LogP contribution < -0.4 is 5.73 Å². The van der Waals surface area contributed by atoms with Crippen LogP contribution >= 0.6 is 11.8 Å². The number of aryl methyl sites for hydroxylation is 1. The molecule has 0 amide bonds. The van der Waals surface area contributed by atoms with E-state index in [1.54, 1.807) is 0 Å². The Kier molecular flexibility index (Phi) is 3.91. The first kappa shape index (κ1) is 11.6. The van der Waals surface area contributed by atoms with Gasteiger partial charge in [0.25, 0.3) is 0 Å². The Hall–Kier alpha value is -0.930. The molecule has 0 aliphatic rings. The lowest BCUT2D eigenvalue weighted by molar-refractivity contribution is 0.807. The highest BCUT2D eigenvalue weighted by Crippen LogP contribution is 2.20. The molecule has 16 heavy (non-hydrogen) atoms. The zero-order valence-corrected chi connectivity index (χ0v) is 10.5. The Morgan fingerprint density at radius 3 is 2.94 bits per heavy atom. The molecule has 86 valence electrons. The van der Waals surface area contributed by atoms with Crippen molar-refractivity contribution in [3.63, 3.8) is 0 Å². The Labute approximate surface area is 101 Å². The molecule has 0 aliphatic heterocycles. The van der Waals surface area contributed by atoms with Crippen LogP contribution in [0.4, 0.5) is 0 Å². The van der Waals surface area contributed by atoms with Crippen molar-refractivity contribution in [2.45, 2.75) is 20.0 Å². The van der Waals surface area contributed by atoms with Crippen LogP contribution in [0.25, 0.3) is 10.9 Å². The van der Waals surface area contributed by atoms with Crippen LogP contribution in [0.1, 0.15) is 12.5 Å². The predicted molar refractivity (Wildman–Crippen MR) is 72.8 cm³/mol. The minimum atomic E-state index is 0.616. The summed E-state index contributed by atoms with van der Waals surface area (Å²) in [6, 6.07) is 8.54. The summed E-state index contributed by atoms with van der Waals surface area (Å²) in [7, 11) is 0. The maximum Gasteiger partial charge on any atom is 0.0483 e. The van der Waals surface area contributed by atoms with Crippen LogP contribution in [-0.4, -0.2) is 16.1 Å². The SMILES string of the molecule is CCSCCn1ccc2c(CN)cccc21. The Bertz CT molecular complexity index is 462.